The number of nitrogens with one attached hydrogen (secondary N) is 2. The molecular weight excluding hydrogens is 388 g/mol. The van der Waals surface area contributed by atoms with Crippen LogP contribution in [0.15, 0.2) is 43.0 Å². The first-order valence-electron chi connectivity index (χ1n) is 9.93. The minimum absolute atomic E-state index is 0.0557. The first-order chi connectivity index (χ1) is 14.2. The van der Waals surface area contributed by atoms with Gasteiger partial charge in [0.25, 0.3) is 0 Å². The maximum Gasteiger partial charge on any atom is 0.408 e. The van der Waals surface area contributed by atoms with E-state index in [1.807, 2.05) is 30.3 Å². The van der Waals surface area contributed by atoms with E-state index in [4.69, 9.17) is 14.2 Å². The third kappa shape index (κ3) is 11.7. The van der Waals surface area contributed by atoms with Gasteiger partial charge in [-0.2, -0.15) is 0 Å². The van der Waals surface area contributed by atoms with Gasteiger partial charge in [-0.1, -0.05) is 43.0 Å². The molecule has 1 rings (SSSR count). The molecule has 0 fully saturated rings. The maximum absolute atomic E-state index is 12.2. The van der Waals surface area contributed by atoms with Crippen LogP contribution in [-0.4, -0.2) is 43.0 Å². The fourth-order valence-corrected chi connectivity index (χ4v) is 2.38. The second-order valence-corrected chi connectivity index (χ2v) is 7.60. The molecule has 0 radical (unpaired) electrons. The average molecular weight is 421 g/mol. The summed E-state index contributed by atoms with van der Waals surface area (Å²) in [4.78, 5) is 35.9. The summed E-state index contributed by atoms with van der Waals surface area (Å²) in [6.45, 7) is 9.34. The van der Waals surface area contributed by atoms with Crippen LogP contribution in [0.3, 0.4) is 0 Å². The Kier molecular flexibility index (Phi) is 11.0. The van der Waals surface area contributed by atoms with E-state index in [0.717, 1.165) is 5.56 Å². The lowest BCUT2D eigenvalue weighted by atomic mass is 10.1. The highest BCUT2D eigenvalue weighted by atomic mass is 16.6. The van der Waals surface area contributed by atoms with Gasteiger partial charge < -0.3 is 24.8 Å². The molecule has 8 nitrogen and oxygen atoms in total. The minimum Gasteiger partial charge on any atom is -0.460 e. The fraction of sp³-hybridized carbons (Fsp3) is 0.500. The SMILES string of the molecule is C=CCOC(=O)[C@@H](CCCCNC(=O)OCc1ccccc1)NC(=O)OC(C)(C)C. The Morgan fingerprint density at radius 2 is 1.77 bits per heavy atom. The number of hydrogen-bond donors (Lipinski definition) is 2. The van der Waals surface area contributed by atoms with Crippen molar-refractivity contribution < 1.29 is 28.6 Å². The molecule has 8 heteroatoms. The second kappa shape index (κ2) is 13.2. The molecule has 0 bridgehead atoms. The summed E-state index contributed by atoms with van der Waals surface area (Å²) >= 11 is 0. The Balaban J connectivity index is 2.35. The monoisotopic (exact) mass is 420 g/mol. The number of carbonyl (C=O) groups excluding carboxylic acids is 3. The van der Waals surface area contributed by atoms with Gasteiger partial charge in [0.15, 0.2) is 0 Å². The molecule has 2 N–H and O–H groups in total. The number of hydrogen-bond acceptors (Lipinski definition) is 6. The quantitative estimate of drug-likeness (QED) is 0.245. The van der Waals surface area contributed by atoms with Crippen LogP contribution in [0.25, 0.3) is 0 Å². The predicted molar refractivity (Wildman–Crippen MR) is 113 cm³/mol. The number of alkyl carbamates (subject to hydrolysis) is 2. The normalized spacial score (nSPS) is 11.7. The van der Waals surface area contributed by atoms with Crippen molar-refractivity contribution in [3.63, 3.8) is 0 Å². The van der Waals surface area contributed by atoms with E-state index >= 15 is 0 Å². The van der Waals surface area contributed by atoms with E-state index in [1.165, 1.54) is 6.08 Å². The van der Waals surface area contributed by atoms with E-state index in [-0.39, 0.29) is 13.2 Å². The number of unbranched alkanes of at least 4 members (excludes halogenated alkanes) is 1. The van der Waals surface area contributed by atoms with Gasteiger partial charge in [-0.15, -0.1) is 0 Å². The summed E-state index contributed by atoms with van der Waals surface area (Å²) in [7, 11) is 0. The molecule has 0 saturated carbocycles. The van der Waals surface area contributed by atoms with Gasteiger partial charge in [-0.3, -0.25) is 0 Å². The highest BCUT2D eigenvalue weighted by Crippen LogP contribution is 2.09. The number of rotatable bonds is 11. The van der Waals surface area contributed by atoms with Crippen LogP contribution in [0.1, 0.15) is 45.6 Å². The first kappa shape index (κ1) is 25.0. The molecule has 0 heterocycles. The van der Waals surface area contributed by atoms with Gasteiger partial charge in [0.1, 0.15) is 24.9 Å². The molecule has 0 aliphatic heterocycles. The van der Waals surface area contributed by atoms with Gasteiger partial charge >= 0.3 is 18.2 Å². The van der Waals surface area contributed by atoms with E-state index in [9.17, 15) is 14.4 Å². The summed E-state index contributed by atoms with van der Waals surface area (Å²) in [6, 6.07) is 8.54. The highest BCUT2D eigenvalue weighted by molar-refractivity contribution is 5.81. The lowest BCUT2D eigenvalue weighted by Gasteiger charge is -2.22. The van der Waals surface area contributed by atoms with Crippen molar-refractivity contribution in [3.8, 4) is 0 Å². The van der Waals surface area contributed by atoms with E-state index in [0.29, 0.717) is 25.8 Å². The Bertz CT molecular complexity index is 685. The molecule has 0 aliphatic carbocycles. The average Bonchev–Trinajstić information content (AvgIpc) is 2.68. The van der Waals surface area contributed by atoms with Crippen LogP contribution in [0.2, 0.25) is 0 Å². The fourth-order valence-electron chi connectivity index (χ4n) is 2.38. The number of benzene rings is 1. The molecule has 2 amide bonds. The molecule has 0 aromatic heterocycles. The van der Waals surface area contributed by atoms with Crippen molar-refractivity contribution in [2.24, 2.45) is 0 Å². The summed E-state index contributed by atoms with van der Waals surface area (Å²) in [6.07, 6.45) is 1.77. The molecule has 0 unspecified atom stereocenters. The lowest BCUT2D eigenvalue weighted by Crippen LogP contribution is -2.44. The zero-order chi connectivity index (χ0) is 22.4. The Morgan fingerprint density at radius 3 is 2.40 bits per heavy atom. The number of carbonyl (C=O) groups is 3. The molecule has 1 aromatic carbocycles. The zero-order valence-electron chi connectivity index (χ0n) is 17.9. The Labute approximate surface area is 178 Å². The molecule has 0 spiro atoms. The van der Waals surface area contributed by atoms with Gasteiger partial charge in [0, 0.05) is 6.54 Å². The van der Waals surface area contributed by atoms with Crippen LogP contribution in [0, 0.1) is 0 Å². The maximum atomic E-state index is 12.2. The van der Waals surface area contributed by atoms with Crippen molar-refractivity contribution in [1.82, 2.24) is 10.6 Å². The summed E-state index contributed by atoms with van der Waals surface area (Å²) in [5.74, 6) is -0.559. The molecule has 1 atom stereocenters. The summed E-state index contributed by atoms with van der Waals surface area (Å²) in [5, 5.41) is 5.20. The van der Waals surface area contributed by atoms with Crippen LogP contribution in [0.5, 0.6) is 0 Å². The molecule has 1 aromatic rings. The largest absolute Gasteiger partial charge is 0.460 e. The molecule has 0 aliphatic rings. The van der Waals surface area contributed by atoms with Gasteiger partial charge in [0.2, 0.25) is 0 Å². The van der Waals surface area contributed by atoms with Crippen LogP contribution < -0.4 is 10.6 Å². The first-order valence-corrected chi connectivity index (χ1v) is 9.93. The van der Waals surface area contributed by atoms with Crippen LogP contribution in [0.4, 0.5) is 9.59 Å². The summed E-state index contributed by atoms with van der Waals surface area (Å²) in [5.41, 5.74) is 0.227. The third-order valence-corrected chi connectivity index (χ3v) is 3.72. The smallest absolute Gasteiger partial charge is 0.408 e. The molecule has 166 valence electrons. The van der Waals surface area contributed by atoms with Gasteiger partial charge in [-0.05, 0) is 45.6 Å². The number of ether oxygens (including phenoxy) is 3. The van der Waals surface area contributed by atoms with Crippen molar-refractivity contribution >= 4 is 18.2 Å². The van der Waals surface area contributed by atoms with Crippen molar-refractivity contribution in [2.75, 3.05) is 13.2 Å². The van der Waals surface area contributed by atoms with Crippen molar-refractivity contribution in [2.45, 2.75) is 58.3 Å². The van der Waals surface area contributed by atoms with Crippen molar-refractivity contribution in [3.05, 3.63) is 48.6 Å². The molecule has 30 heavy (non-hydrogen) atoms. The lowest BCUT2D eigenvalue weighted by molar-refractivity contribution is -0.145. The topological polar surface area (TPSA) is 103 Å². The van der Waals surface area contributed by atoms with Crippen LogP contribution >= 0.6 is 0 Å². The second-order valence-electron chi connectivity index (χ2n) is 7.60. The zero-order valence-corrected chi connectivity index (χ0v) is 17.9. The number of esters is 1. The van der Waals surface area contributed by atoms with E-state index in [1.54, 1.807) is 20.8 Å². The summed E-state index contributed by atoms with van der Waals surface area (Å²) < 4.78 is 15.4. The van der Waals surface area contributed by atoms with Crippen molar-refractivity contribution in [1.29, 1.82) is 0 Å². The minimum atomic E-state index is -0.843. The standard InChI is InChI=1S/C22H32N2O6/c1-5-15-28-19(25)18(24-21(27)30-22(2,3)4)13-9-10-14-23-20(26)29-16-17-11-7-6-8-12-17/h5-8,11-12,18H,1,9-10,13-16H2,2-4H3,(H,23,26)(H,24,27)/t18-/m1/s1. The third-order valence-electron chi connectivity index (χ3n) is 3.72. The predicted octanol–water partition coefficient (Wildman–Crippen LogP) is 3.71. The van der Waals surface area contributed by atoms with Gasteiger partial charge in [0.05, 0.1) is 0 Å². The van der Waals surface area contributed by atoms with Gasteiger partial charge in [-0.25, -0.2) is 14.4 Å². The highest BCUT2D eigenvalue weighted by Gasteiger charge is 2.25. The molecule has 0 saturated heterocycles. The number of amides is 2. The Hall–Kier alpha value is -3.03. The van der Waals surface area contributed by atoms with E-state index in [2.05, 4.69) is 17.2 Å². The van der Waals surface area contributed by atoms with Crippen LogP contribution in [-0.2, 0) is 25.6 Å². The molecular formula is C22H32N2O6. The van der Waals surface area contributed by atoms with E-state index < -0.39 is 29.8 Å². The Morgan fingerprint density at radius 1 is 1.07 bits per heavy atom.